The van der Waals surface area contributed by atoms with E-state index >= 15 is 0 Å². The Balaban J connectivity index is 1.73. The highest BCUT2D eigenvalue weighted by atomic mass is 35.5. The van der Waals surface area contributed by atoms with Gasteiger partial charge in [-0.25, -0.2) is 0 Å². The van der Waals surface area contributed by atoms with Gasteiger partial charge >= 0.3 is 0 Å². The number of piperidine rings is 1. The second kappa shape index (κ2) is 9.94. The zero-order valence-electron chi connectivity index (χ0n) is 16.7. The van der Waals surface area contributed by atoms with Crippen molar-refractivity contribution in [1.82, 2.24) is 9.80 Å². The largest absolute Gasteiger partial charge is 0.497 e. The molecular weight excluding hydrogens is 372 g/mol. The smallest absolute Gasteiger partial charge is 0.227 e. The molecule has 4 nitrogen and oxygen atoms in total. The number of likely N-dealkylation sites (tertiary alicyclic amines) is 1. The first-order valence-electron chi connectivity index (χ1n) is 9.98. The predicted octanol–water partition coefficient (Wildman–Crippen LogP) is 4.40. The molecule has 150 valence electrons. The Bertz CT molecular complexity index is 753. The predicted molar refractivity (Wildman–Crippen MR) is 114 cm³/mol. The highest BCUT2D eigenvalue weighted by Gasteiger charge is 2.27. The Morgan fingerprint density at radius 2 is 1.68 bits per heavy atom. The highest BCUT2D eigenvalue weighted by molar-refractivity contribution is 6.30. The number of rotatable bonds is 7. The van der Waals surface area contributed by atoms with Gasteiger partial charge in [-0.1, -0.05) is 42.8 Å². The van der Waals surface area contributed by atoms with Crippen LogP contribution in [-0.2, 0) is 17.8 Å². The Hall–Kier alpha value is -2.04. The highest BCUT2D eigenvalue weighted by Crippen LogP contribution is 2.22. The van der Waals surface area contributed by atoms with Crippen LogP contribution in [0.1, 0.15) is 30.9 Å². The molecule has 0 aliphatic carbocycles. The van der Waals surface area contributed by atoms with Crippen molar-refractivity contribution in [2.24, 2.45) is 0 Å². The second-order valence-corrected chi connectivity index (χ2v) is 7.77. The van der Waals surface area contributed by atoms with Crippen molar-refractivity contribution >= 4 is 17.5 Å². The Morgan fingerprint density at radius 1 is 1.07 bits per heavy atom. The number of benzene rings is 2. The summed E-state index contributed by atoms with van der Waals surface area (Å²) in [6.07, 6.45) is 2.46. The van der Waals surface area contributed by atoms with Gasteiger partial charge in [0.05, 0.1) is 13.5 Å². The minimum atomic E-state index is 0.176. The maximum Gasteiger partial charge on any atom is 0.227 e. The molecule has 1 heterocycles. The number of hydrogen-bond acceptors (Lipinski definition) is 3. The first-order chi connectivity index (χ1) is 13.6. The Kier molecular flexibility index (Phi) is 7.35. The minimum absolute atomic E-state index is 0.176. The lowest BCUT2D eigenvalue weighted by Crippen LogP contribution is -2.47. The van der Waals surface area contributed by atoms with Gasteiger partial charge in [0.25, 0.3) is 0 Å². The first-order valence-corrected chi connectivity index (χ1v) is 10.4. The first kappa shape index (κ1) is 20.7. The van der Waals surface area contributed by atoms with Gasteiger partial charge in [0.2, 0.25) is 5.91 Å². The summed E-state index contributed by atoms with van der Waals surface area (Å²) in [4.78, 5) is 17.8. The lowest BCUT2D eigenvalue weighted by Gasteiger charge is -2.38. The number of carbonyl (C=O) groups excluding carboxylic acids is 1. The van der Waals surface area contributed by atoms with Crippen molar-refractivity contribution in [2.45, 2.75) is 38.8 Å². The molecule has 0 spiro atoms. The van der Waals surface area contributed by atoms with Crippen molar-refractivity contribution in [3.8, 4) is 5.75 Å². The molecule has 0 bridgehead atoms. The van der Waals surface area contributed by atoms with Crippen LogP contribution >= 0.6 is 11.6 Å². The zero-order chi connectivity index (χ0) is 19.9. The van der Waals surface area contributed by atoms with E-state index in [1.807, 2.05) is 48.5 Å². The Labute approximate surface area is 173 Å². The summed E-state index contributed by atoms with van der Waals surface area (Å²) in [7, 11) is 1.65. The maximum atomic E-state index is 13.2. The summed E-state index contributed by atoms with van der Waals surface area (Å²) < 4.78 is 5.22. The number of methoxy groups -OCH3 is 1. The number of halogens is 1. The average molecular weight is 401 g/mol. The van der Waals surface area contributed by atoms with E-state index in [0.717, 1.165) is 54.4 Å². The van der Waals surface area contributed by atoms with E-state index < -0.39 is 0 Å². The molecule has 1 fully saturated rings. The van der Waals surface area contributed by atoms with Crippen LogP contribution in [0, 0.1) is 0 Å². The van der Waals surface area contributed by atoms with Gasteiger partial charge in [-0.2, -0.15) is 0 Å². The quantitative estimate of drug-likeness (QED) is 0.690. The van der Waals surface area contributed by atoms with Crippen molar-refractivity contribution in [3.05, 3.63) is 64.7 Å². The molecule has 28 heavy (non-hydrogen) atoms. The van der Waals surface area contributed by atoms with Crippen LogP contribution in [0.2, 0.25) is 5.02 Å². The van der Waals surface area contributed by atoms with Crippen LogP contribution < -0.4 is 4.74 Å². The van der Waals surface area contributed by atoms with Crippen LogP contribution in [0.3, 0.4) is 0 Å². The van der Waals surface area contributed by atoms with Gasteiger partial charge in [-0.3, -0.25) is 4.79 Å². The fourth-order valence-electron chi connectivity index (χ4n) is 3.77. The fourth-order valence-corrected chi connectivity index (χ4v) is 3.90. The number of carbonyl (C=O) groups is 1. The van der Waals surface area contributed by atoms with E-state index in [-0.39, 0.29) is 11.9 Å². The molecule has 0 N–H and O–H groups in total. The van der Waals surface area contributed by atoms with E-state index in [4.69, 9.17) is 16.3 Å². The zero-order valence-corrected chi connectivity index (χ0v) is 17.5. The normalized spacial score (nSPS) is 15.4. The van der Waals surface area contributed by atoms with Crippen LogP contribution in [0.15, 0.2) is 48.5 Å². The molecular formula is C23H29ClN2O2. The van der Waals surface area contributed by atoms with Gasteiger partial charge in [0.15, 0.2) is 0 Å². The monoisotopic (exact) mass is 400 g/mol. The summed E-state index contributed by atoms with van der Waals surface area (Å²) in [5.41, 5.74) is 2.13. The van der Waals surface area contributed by atoms with Gasteiger partial charge in [-0.15, -0.1) is 0 Å². The molecule has 1 amide bonds. The lowest BCUT2D eigenvalue weighted by atomic mass is 10.0. The number of ether oxygens (including phenoxy) is 1. The van der Waals surface area contributed by atoms with Crippen molar-refractivity contribution in [1.29, 1.82) is 0 Å². The van der Waals surface area contributed by atoms with Crippen LogP contribution in [0.25, 0.3) is 0 Å². The van der Waals surface area contributed by atoms with E-state index in [9.17, 15) is 4.79 Å². The Morgan fingerprint density at radius 3 is 2.25 bits per heavy atom. The third kappa shape index (κ3) is 5.49. The average Bonchev–Trinajstić information content (AvgIpc) is 2.74. The van der Waals surface area contributed by atoms with Crippen LogP contribution in [0.4, 0.5) is 0 Å². The number of hydrogen-bond donors (Lipinski definition) is 0. The molecule has 2 aromatic carbocycles. The van der Waals surface area contributed by atoms with Crippen molar-refractivity contribution < 1.29 is 9.53 Å². The van der Waals surface area contributed by atoms with Crippen LogP contribution in [0.5, 0.6) is 5.75 Å². The minimum Gasteiger partial charge on any atom is -0.497 e. The third-order valence-corrected chi connectivity index (χ3v) is 5.80. The molecule has 0 saturated carbocycles. The van der Waals surface area contributed by atoms with Crippen molar-refractivity contribution in [2.75, 3.05) is 26.7 Å². The standard InChI is InChI=1S/C23H29ClN2O2/c1-3-25-14-12-21(13-15-25)26(17-19-4-8-20(24)9-5-19)23(27)16-18-6-10-22(28-2)11-7-18/h4-11,21H,3,12-17H2,1-2H3. The molecule has 0 unspecified atom stereocenters. The number of amides is 1. The summed E-state index contributed by atoms with van der Waals surface area (Å²) in [6.45, 7) is 6.00. The van der Waals surface area contributed by atoms with Gasteiger partial charge in [-0.05, 0) is 54.8 Å². The summed E-state index contributed by atoms with van der Waals surface area (Å²) >= 11 is 6.03. The summed E-state index contributed by atoms with van der Waals surface area (Å²) in [5, 5.41) is 0.719. The van der Waals surface area contributed by atoms with Gasteiger partial charge < -0.3 is 14.5 Å². The molecule has 0 radical (unpaired) electrons. The number of nitrogens with zero attached hydrogens (tertiary/aromatic N) is 2. The topological polar surface area (TPSA) is 32.8 Å². The molecule has 1 aliphatic rings. The van der Waals surface area contributed by atoms with Crippen LogP contribution in [-0.4, -0.2) is 48.5 Å². The lowest BCUT2D eigenvalue weighted by molar-refractivity contribution is -0.134. The van der Waals surface area contributed by atoms with E-state index in [1.165, 1.54) is 0 Å². The van der Waals surface area contributed by atoms with E-state index in [2.05, 4.69) is 16.7 Å². The molecule has 2 aromatic rings. The second-order valence-electron chi connectivity index (χ2n) is 7.34. The maximum absolute atomic E-state index is 13.2. The summed E-state index contributed by atoms with van der Waals surface area (Å²) in [5.74, 6) is 0.983. The third-order valence-electron chi connectivity index (χ3n) is 5.55. The molecule has 5 heteroatoms. The molecule has 1 aliphatic heterocycles. The molecule has 3 rings (SSSR count). The van der Waals surface area contributed by atoms with Gasteiger partial charge in [0, 0.05) is 30.7 Å². The summed E-state index contributed by atoms with van der Waals surface area (Å²) in [6, 6.07) is 15.8. The fraction of sp³-hybridized carbons (Fsp3) is 0.435. The molecule has 0 aromatic heterocycles. The van der Waals surface area contributed by atoms with Gasteiger partial charge in [0.1, 0.15) is 5.75 Å². The molecule has 1 saturated heterocycles. The van der Waals surface area contributed by atoms with E-state index in [0.29, 0.717) is 13.0 Å². The van der Waals surface area contributed by atoms with Crippen molar-refractivity contribution in [3.63, 3.8) is 0 Å². The molecule has 0 atom stereocenters. The SMILES string of the molecule is CCN1CCC(N(Cc2ccc(Cl)cc2)C(=O)Cc2ccc(OC)cc2)CC1. The van der Waals surface area contributed by atoms with E-state index in [1.54, 1.807) is 7.11 Å².